The summed E-state index contributed by atoms with van der Waals surface area (Å²) in [5.41, 5.74) is 4.87. The molecule has 5 nitrogen and oxygen atoms in total. The van der Waals surface area contributed by atoms with E-state index in [1.54, 1.807) is 22.8 Å². The van der Waals surface area contributed by atoms with Crippen LogP contribution in [0.2, 0.25) is 0 Å². The Kier molecular flexibility index (Phi) is 4.25. The number of aryl methyl sites for hydroxylation is 1. The lowest BCUT2D eigenvalue weighted by Gasteiger charge is -2.06. The summed E-state index contributed by atoms with van der Waals surface area (Å²) in [7, 11) is 0. The van der Waals surface area contributed by atoms with Gasteiger partial charge in [0, 0.05) is 5.75 Å². The number of rotatable bonds is 4. The molecule has 0 spiro atoms. The van der Waals surface area contributed by atoms with Gasteiger partial charge in [-0.3, -0.25) is 0 Å². The molecule has 28 heavy (non-hydrogen) atoms. The lowest BCUT2D eigenvalue weighted by Crippen LogP contribution is -1.98. The van der Waals surface area contributed by atoms with Gasteiger partial charge in [-0.15, -0.1) is 5.10 Å². The fourth-order valence-electron chi connectivity index (χ4n) is 3.26. The quantitative estimate of drug-likeness (QED) is 0.324. The standard InChI is InChI=1S/C22H17N5S/c1-15-9-11-18(12-10-15)27-21-20(25-26-27)22(24-14-23-21)28-13-17-7-4-6-16-5-2-3-8-19(16)17/h2-12,14H,13H2,1H3. The number of hydrogen-bond acceptors (Lipinski definition) is 5. The zero-order valence-electron chi connectivity index (χ0n) is 15.3. The van der Waals surface area contributed by atoms with E-state index < -0.39 is 0 Å². The number of fused-ring (bicyclic) bond motifs is 2. The average molecular weight is 383 g/mol. The molecule has 5 aromatic rings. The van der Waals surface area contributed by atoms with Gasteiger partial charge >= 0.3 is 0 Å². The van der Waals surface area contributed by atoms with E-state index in [1.165, 1.54) is 21.9 Å². The maximum absolute atomic E-state index is 4.46. The zero-order chi connectivity index (χ0) is 18.9. The number of hydrogen-bond donors (Lipinski definition) is 0. The van der Waals surface area contributed by atoms with Crippen molar-refractivity contribution in [1.29, 1.82) is 0 Å². The average Bonchev–Trinajstić information content (AvgIpc) is 3.17. The fourth-order valence-corrected chi connectivity index (χ4v) is 4.19. The van der Waals surface area contributed by atoms with Crippen molar-refractivity contribution in [3.8, 4) is 5.69 Å². The molecule has 0 saturated heterocycles. The van der Waals surface area contributed by atoms with Crippen molar-refractivity contribution in [2.45, 2.75) is 17.7 Å². The molecule has 0 N–H and O–H groups in total. The molecule has 0 aliphatic rings. The second kappa shape index (κ2) is 7.05. The summed E-state index contributed by atoms with van der Waals surface area (Å²) in [6, 6.07) is 23.0. The summed E-state index contributed by atoms with van der Waals surface area (Å²) in [4.78, 5) is 8.88. The number of nitrogens with zero attached hydrogens (tertiary/aromatic N) is 5. The van der Waals surface area contributed by atoms with Gasteiger partial charge < -0.3 is 0 Å². The molecule has 136 valence electrons. The second-order valence-electron chi connectivity index (χ2n) is 6.61. The van der Waals surface area contributed by atoms with Crippen LogP contribution < -0.4 is 0 Å². The van der Waals surface area contributed by atoms with Crippen LogP contribution in [0.25, 0.3) is 27.6 Å². The molecule has 0 radical (unpaired) electrons. The first kappa shape index (κ1) is 16.9. The van der Waals surface area contributed by atoms with E-state index in [0.29, 0.717) is 0 Å². The van der Waals surface area contributed by atoms with Crippen LogP contribution >= 0.6 is 11.8 Å². The molecular weight excluding hydrogens is 366 g/mol. The van der Waals surface area contributed by atoms with Crippen molar-refractivity contribution in [3.63, 3.8) is 0 Å². The Morgan fingerprint density at radius 2 is 1.71 bits per heavy atom. The lowest BCUT2D eigenvalue weighted by atomic mass is 10.1. The molecule has 6 heteroatoms. The van der Waals surface area contributed by atoms with E-state index in [-0.39, 0.29) is 0 Å². The Labute approximate surface area is 166 Å². The van der Waals surface area contributed by atoms with Crippen molar-refractivity contribution < 1.29 is 0 Å². The van der Waals surface area contributed by atoms with E-state index in [9.17, 15) is 0 Å². The van der Waals surface area contributed by atoms with Crippen molar-refractivity contribution >= 4 is 33.7 Å². The molecule has 3 aromatic carbocycles. The van der Waals surface area contributed by atoms with Crippen LogP contribution in [0.5, 0.6) is 0 Å². The van der Waals surface area contributed by atoms with E-state index in [0.717, 1.165) is 27.6 Å². The predicted octanol–water partition coefficient (Wildman–Crippen LogP) is 4.96. The Hall–Kier alpha value is -3.25. The first-order chi connectivity index (χ1) is 13.8. The summed E-state index contributed by atoms with van der Waals surface area (Å²) >= 11 is 1.66. The van der Waals surface area contributed by atoms with Crippen molar-refractivity contribution in [3.05, 3.63) is 84.2 Å². The molecule has 0 atom stereocenters. The highest BCUT2D eigenvalue weighted by Crippen LogP contribution is 2.29. The lowest BCUT2D eigenvalue weighted by molar-refractivity contribution is 0.816. The molecule has 2 aromatic heterocycles. The molecule has 0 aliphatic heterocycles. The van der Waals surface area contributed by atoms with Gasteiger partial charge in [0.2, 0.25) is 0 Å². The summed E-state index contributed by atoms with van der Waals surface area (Å²) in [5, 5.41) is 12.0. The molecule has 0 bridgehead atoms. The first-order valence-electron chi connectivity index (χ1n) is 9.02. The molecule has 0 amide bonds. The maximum Gasteiger partial charge on any atom is 0.187 e. The van der Waals surface area contributed by atoms with Crippen molar-refractivity contribution in [2.24, 2.45) is 0 Å². The highest BCUT2D eigenvalue weighted by Gasteiger charge is 2.14. The van der Waals surface area contributed by atoms with E-state index in [4.69, 9.17) is 0 Å². The largest absolute Gasteiger partial charge is 0.227 e. The van der Waals surface area contributed by atoms with Gasteiger partial charge in [0.15, 0.2) is 11.2 Å². The third-order valence-electron chi connectivity index (χ3n) is 4.73. The zero-order valence-corrected chi connectivity index (χ0v) is 16.1. The SMILES string of the molecule is Cc1ccc(-n2nnc3c(SCc4cccc5ccccc45)ncnc32)cc1. The van der Waals surface area contributed by atoms with Crippen LogP contribution in [0.15, 0.2) is 78.1 Å². The van der Waals surface area contributed by atoms with Gasteiger partial charge in [-0.05, 0) is 35.4 Å². The monoisotopic (exact) mass is 383 g/mol. The molecule has 0 saturated carbocycles. The Morgan fingerprint density at radius 3 is 2.61 bits per heavy atom. The fraction of sp³-hybridized carbons (Fsp3) is 0.0909. The highest BCUT2D eigenvalue weighted by atomic mass is 32.2. The van der Waals surface area contributed by atoms with Crippen LogP contribution in [0.1, 0.15) is 11.1 Å². The van der Waals surface area contributed by atoms with Crippen LogP contribution in [0.4, 0.5) is 0 Å². The smallest absolute Gasteiger partial charge is 0.187 e. The molecular formula is C22H17N5S. The molecule has 0 aliphatic carbocycles. The predicted molar refractivity (Wildman–Crippen MR) is 113 cm³/mol. The highest BCUT2D eigenvalue weighted by molar-refractivity contribution is 7.98. The topological polar surface area (TPSA) is 56.5 Å². The van der Waals surface area contributed by atoms with E-state index >= 15 is 0 Å². The summed E-state index contributed by atoms with van der Waals surface area (Å²) in [6.07, 6.45) is 1.59. The van der Waals surface area contributed by atoms with Gasteiger partial charge in [0.25, 0.3) is 0 Å². The van der Waals surface area contributed by atoms with Crippen LogP contribution in [-0.2, 0) is 5.75 Å². The van der Waals surface area contributed by atoms with Gasteiger partial charge in [0.05, 0.1) is 5.69 Å². The van der Waals surface area contributed by atoms with E-state index in [2.05, 4.69) is 81.8 Å². The Bertz CT molecular complexity index is 1270. The van der Waals surface area contributed by atoms with Crippen LogP contribution in [0.3, 0.4) is 0 Å². The van der Waals surface area contributed by atoms with Crippen molar-refractivity contribution in [1.82, 2.24) is 25.0 Å². The second-order valence-corrected chi connectivity index (χ2v) is 7.58. The summed E-state index contributed by atoms with van der Waals surface area (Å²) < 4.78 is 1.76. The van der Waals surface area contributed by atoms with Gasteiger partial charge in [0.1, 0.15) is 11.4 Å². The van der Waals surface area contributed by atoms with Gasteiger partial charge in [-0.1, -0.05) is 77.1 Å². The minimum absolute atomic E-state index is 0.722. The van der Waals surface area contributed by atoms with Gasteiger partial charge in [-0.2, -0.15) is 4.68 Å². The Balaban J connectivity index is 1.49. The van der Waals surface area contributed by atoms with Gasteiger partial charge in [-0.25, -0.2) is 9.97 Å². The molecule has 5 rings (SSSR count). The molecule has 0 unspecified atom stereocenters. The Morgan fingerprint density at radius 1 is 0.893 bits per heavy atom. The molecule has 2 heterocycles. The third-order valence-corrected chi connectivity index (χ3v) is 5.75. The van der Waals surface area contributed by atoms with E-state index in [1.807, 2.05) is 12.1 Å². The molecule has 0 fully saturated rings. The number of thioether (sulfide) groups is 1. The first-order valence-corrected chi connectivity index (χ1v) is 10.0. The summed E-state index contributed by atoms with van der Waals surface area (Å²) in [6.45, 7) is 2.06. The minimum Gasteiger partial charge on any atom is -0.227 e. The number of aromatic nitrogens is 5. The van der Waals surface area contributed by atoms with Crippen molar-refractivity contribution in [2.75, 3.05) is 0 Å². The maximum atomic E-state index is 4.46. The number of benzene rings is 3. The normalized spacial score (nSPS) is 11.3. The summed E-state index contributed by atoms with van der Waals surface area (Å²) in [5.74, 6) is 0.810. The van der Waals surface area contributed by atoms with Crippen LogP contribution in [0, 0.1) is 6.92 Å². The minimum atomic E-state index is 0.722. The third kappa shape index (κ3) is 3.01. The van der Waals surface area contributed by atoms with Crippen LogP contribution in [-0.4, -0.2) is 25.0 Å².